The van der Waals surface area contributed by atoms with Gasteiger partial charge in [0.25, 0.3) is 15.9 Å². The molecule has 38 heavy (non-hydrogen) atoms. The molecule has 0 aliphatic carbocycles. The van der Waals surface area contributed by atoms with Crippen molar-refractivity contribution in [3.63, 3.8) is 0 Å². The largest absolute Gasteiger partial charge is 0.493 e. The topological polar surface area (TPSA) is 128 Å². The van der Waals surface area contributed by atoms with Crippen LogP contribution >= 0.6 is 0 Å². The number of carbonyl (C=O) groups excluding carboxylic acids is 1. The second kappa shape index (κ2) is 10.6. The maximum Gasteiger partial charge on any atom is 0.281 e. The standard InChI is InChI=1S/C28H35N5O4S/c1-6-14-37-23-11-10-20(15-18(23)2)21-16-22(26(30-17-21)33-13-12-19(3)28(33,4)5)27(34)32-38(35,36)25-9-7-8-24(29)31-25/h7-11,15-17,19H,6,12-14H2,1-5H3,(H2,29,31)(H,32,34). The third-order valence-corrected chi connectivity index (χ3v) is 8.50. The summed E-state index contributed by atoms with van der Waals surface area (Å²) in [6.45, 7) is 11.7. The molecule has 0 spiro atoms. The number of aromatic nitrogens is 2. The van der Waals surface area contributed by atoms with Crippen LogP contribution in [0.3, 0.4) is 0 Å². The molecule has 1 fully saturated rings. The number of carbonyl (C=O) groups is 1. The molecule has 0 radical (unpaired) electrons. The molecule has 1 saturated heterocycles. The van der Waals surface area contributed by atoms with Crippen LogP contribution in [0, 0.1) is 12.8 Å². The molecule has 1 aliphatic heterocycles. The highest BCUT2D eigenvalue weighted by Gasteiger charge is 2.41. The number of anilines is 2. The molecule has 202 valence electrons. The summed E-state index contributed by atoms with van der Waals surface area (Å²) >= 11 is 0. The molecule has 0 saturated carbocycles. The Bertz CT molecular complexity index is 1460. The van der Waals surface area contributed by atoms with E-state index >= 15 is 0 Å². The first-order valence-electron chi connectivity index (χ1n) is 12.7. The minimum atomic E-state index is -4.26. The average molecular weight is 538 g/mol. The molecule has 2 aromatic heterocycles. The fourth-order valence-corrected chi connectivity index (χ4v) is 5.56. The van der Waals surface area contributed by atoms with Gasteiger partial charge in [0.1, 0.15) is 17.4 Å². The lowest BCUT2D eigenvalue weighted by Crippen LogP contribution is -2.43. The van der Waals surface area contributed by atoms with E-state index in [1.165, 1.54) is 18.2 Å². The number of hydrogen-bond donors (Lipinski definition) is 2. The summed E-state index contributed by atoms with van der Waals surface area (Å²) in [5.41, 5.74) is 8.05. The Labute approximate surface area is 224 Å². The van der Waals surface area contributed by atoms with E-state index in [1.54, 1.807) is 12.3 Å². The molecule has 1 aromatic carbocycles. The molecule has 3 N–H and O–H groups in total. The first-order chi connectivity index (χ1) is 17.9. The van der Waals surface area contributed by atoms with Gasteiger partial charge in [-0.25, -0.2) is 14.7 Å². The molecule has 1 aliphatic rings. The summed E-state index contributed by atoms with van der Waals surface area (Å²) in [5, 5.41) is -0.329. The highest BCUT2D eigenvalue weighted by Crippen LogP contribution is 2.39. The van der Waals surface area contributed by atoms with Crippen LogP contribution in [0.5, 0.6) is 5.75 Å². The number of nitrogen functional groups attached to an aromatic ring is 1. The zero-order chi connectivity index (χ0) is 27.7. The van der Waals surface area contributed by atoms with Crippen molar-refractivity contribution in [1.29, 1.82) is 0 Å². The molecule has 0 bridgehead atoms. The minimum absolute atomic E-state index is 0.0409. The second-order valence-corrected chi connectivity index (χ2v) is 11.9. The van der Waals surface area contributed by atoms with E-state index < -0.39 is 15.9 Å². The van der Waals surface area contributed by atoms with Gasteiger partial charge in [0.15, 0.2) is 5.03 Å². The molecule has 1 amide bonds. The van der Waals surface area contributed by atoms with E-state index in [9.17, 15) is 13.2 Å². The summed E-state index contributed by atoms with van der Waals surface area (Å²) in [5.74, 6) is 0.855. The Hall–Kier alpha value is -3.66. The maximum absolute atomic E-state index is 13.6. The highest BCUT2D eigenvalue weighted by atomic mass is 32.2. The van der Waals surface area contributed by atoms with Crippen LogP contribution < -0.4 is 20.1 Å². The fourth-order valence-electron chi connectivity index (χ4n) is 4.62. The summed E-state index contributed by atoms with van der Waals surface area (Å²) < 4.78 is 34.0. The number of amides is 1. The zero-order valence-corrected chi connectivity index (χ0v) is 23.3. The van der Waals surface area contributed by atoms with Crippen LogP contribution in [0.25, 0.3) is 11.1 Å². The van der Waals surface area contributed by atoms with E-state index in [0.717, 1.165) is 29.7 Å². The molecule has 9 nitrogen and oxygen atoms in total. The van der Waals surface area contributed by atoms with E-state index in [2.05, 4.69) is 42.3 Å². The number of ether oxygens (including phenoxy) is 1. The SMILES string of the molecule is CCCOc1ccc(-c2cnc(N3CCC(C)C3(C)C)c(C(=O)NS(=O)(=O)c3cccc(N)n3)c2)cc1C. The third kappa shape index (κ3) is 5.45. The van der Waals surface area contributed by atoms with Crippen molar-refractivity contribution in [2.75, 3.05) is 23.8 Å². The minimum Gasteiger partial charge on any atom is -0.493 e. The van der Waals surface area contributed by atoms with Crippen molar-refractivity contribution < 1.29 is 17.9 Å². The lowest BCUT2D eigenvalue weighted by atomic mass is 9.90. The molecule has 1 unspecified atom stereocenters. The maximum atomic E-state index is 13.6. The first kappa shape index (κ1) is 27.4. The Morgan fingerprint density at radius 1 is 1.21 bits per heavy atom. The van der Waals surface area contributed by atoms with Gasteiger partial charge in [0, 0.05) is 23.8 Å². The summed E-state index contributed by atoms with van der Waals surface area (Å²) in [6, 6.07) is 11.7. The summed E-state index contributed by atoms with van der Waals surface area (Å²) in [4.78, 5) is 24.2. The third-order valence-electron chi connectivity index (χ3n) is 7.27. The van der Waals surface area contributed by atoms with Gasteiger partial charge in [-0.2, -0.15) is 8.42 Å². The molecule has 3 heterocycles. The quantitative estimate of drug-likeness (QED) is 0.428. The van der Waals surface area contributed by atoms with Crippen LogP contribution in [0.1, 0.15) is 56.5 Å². The molecule has 3 aromatic rings. The van der Waals surface area contributed by atoms with Gasteiger partial charge in [-0.1, -0.05) is 26.0 Å². The number of benzene rings is 1. The van der Waals surface area contributed by atoms with Crippen LogP contribution in [0.4, 0.5) is 11.6 Å². The first-order valence-corrected chi connectivity index (χ1v) is 14.2. The van der Waals surface area contributed by atoms with Crippen LogP contribution in [0.15, 0.2) is 53.7 Å². The monoisotopic (exact) mass is 537 g/mol. The number of sulfonamides is 1. The molecule has 4 rings (SSSR count). The molecule has 10 heteroatoms. The van der Waals surface area contributed by atoms with Crippen LogP contribution in [0.2, 0.25) is 0 Å². The molecular formula is C28H35N5O4S. The van der Waals surface area contributed by atoms with E-state index in [-0.39, 0.29) is 21.9 Å². The van der Waals surface area contributed by atoms with Gasteiger partial charge in [-0.05, 0) is 81.0 Å². The number of nitrogens with two attached hydrogens (primary N) is 1. The molecular weight excluding hydrogens is 502 g/mol. The Kier molecular flexibility index (Phi) is 7.64. The normalized spacial score (nSPS) is 16.9. The second-order valence-electron chi connectivity index (χ2n) is 10.3. The number of hydrogen-bond acceptors (Lipinski definition) is 8. The Morgan fingerprint density at radius 2 is 1.97 bits per heavy atom. The Balaban J connectivity index is 1.76. The van der Waals surface area contributed by atoms with Crippen molar-refractivity contribution in [1.82, 2.24) is 14.7 Å². The lowest BCUT2D eigenvalue weighted by molar-refractivity contribution is 0.0981. The van der Waals surface area contributed by atoms with Crippen molar-refractivity contribution in [2.24, 2.45) is 5.92 Å². The van der Waals surface area contributed by atoms with Gasteiger partial charge < -0.3 is 15.4 Å². The number of aryl methyl sites for hydroxylation is 1. The summed E-state index contributed by atoms with van der Waals surface area (Å²) in [6.07, 6.45) is 3.56. The number of nitrogens with one attached hydrogen (secondary N) is 1. The van der Waals surface area contributed by atoms with Crippen molar-refractivity contribution in [3.05, 3.63) is 59.8 Å². The zero-order valence-electron chi connectivity index (χ0n) is 22.5. The smallest absolute Gasteiger partial charge is 0.281 e. The van der Waals surface area contributed by atoms with Gasteiger partial charge in [-0.3, -0.25) is 4.79 Å². The van der Waals surface area contributed by atoms with Crippen molar-refractivity contribution in [3.8, 4) is 16.9 Å². The average Bonchev–Trinajstić information content (AvgIpc) is 3.14. The van der Waals surface area contributed by atoms with Crippen molar-refractivity contribution in [2.45, 2.75) is 58.0 Å². The lowest BCUT2D eigenvalue weighted by Gasteiger charge is -2.36. The van der Waals surface area contributed by atoms with Gasteiger partial charge in [0.05, 0.1) is 12.2 Å². The highest BCUT2D eigenvalue weighted by molar-refractivity contribution is 7.90. The number of nitrogens with zero attached hydrogens (tertiary/aromatic N) is 3. The fraction of sp³-hybridized carbons (Fsp3) is 0.393. The molecule has 1 atom stereocenters. The van der Waals surface area contributed by atoms with Gasteiger partial charge in [-0.15, -0.1) is 0 Å². The predicted molar refractivity (Wildman–Crippen MR) is 149 cm³/mol. The Morgan fingerprint density at radius 3 is 2.61 bits per heavy atom. The van der Waals surface area contributed by atoms with E-state index in [4.69, 9.17) is 15.5 Å². The number of pyridine rings is 2. The van der Waals surface area contributed by atoms with E-state index in [1.807, 2.05) is 25.1 Å². The number of rotatable bonds is 8. The van der Waals surface area contributed by atoms with E-state index in [0.29, 0.717) is 30.5 Å². The summed E-state index contributed by atoms with van der Waals surface area (Å²) in [7, 11) is -4.26. The predicted octanol–water partition coefficient (Wildman–Crippen LogP) is 4.57. The van der Waals surface area contributed by atoms with Crippen molar-refractivity contribution >= 4 is 27.6 Å². The van der Waals surface area contributed by atoms with Crippen LogP contribution in [-0.4, -0.2) is 43.0 Å². The van der Waals surface area contributed by atoms with Crippen LogP contribution in [-0.2, 0) is 10.0 Å². The van der Waals surface area contributed by atoms with Gasteiger partial charge >= 0.3 is 0 Å². The van der Waals surface area contributed by atoms with Gasteiger partial charge in [0.2, 0.25) is 0 Å².